The Balaban J connectivity index is 0.000000108. The lowest BCUT2D eigenvalue weighted by Crippen LogP contribution is -1.73. The minimum absolute atomic E-state index is 1.06. The smallest absolute Gasteiger partial charge is 0.0701 e. The zero-order valence-electron chi connectivity index (χ0n) is 27.4. The highest BCUT2D eigenvalue weighted by Gasteiger charge is 1.89. The van der Waals surface area contributed by atoms with Crippen molar-refractivity contribution in [1.82, 2.24) is 24.9 Å². The number of hydrogen-bond acceptors (Lipinski definition) is 5. The second-order valence-corrected chi connectivity index (χ2v) is 11.1. The average Bonchev–Trinajstić information content (AvgIpc) is 3.22. The Bertz CT molecular complexity index is 1790. The van der Waals surface area contributed by atoms with E-state index in [0.29, 0.717) is 0 Å². The van der Waals surface area contributed by atoms with E-state index < -0.39 is 0 Å². The molecule has 0 fully saturated rings. The largest absolute Gasteiger partial charge is 0.264 e. The second-order valence-electron chi connectivity index (χ2n) is 11.1. The summed E-state index contributed by atoms with van der Waals surface area (Å²) in [7, 11) is 0. The fourth-order valence-corrected chi connectivity index (χ4v) is 5.11. The van der Waals surface area contributed by atoms with Crippen molar-refractivity contribution < 1.29 is 0 Å². The highest BCUT2D eigenvalue weighted by Crippen LogP contribution is 2.12. The molecular formula is C45H35N5. The summed E-state index contributed by atoms with van der Waals surface area (Å²) in [6.07, 6.45) is 14.7. The summed E-state index contributed by atoms with van der Waals surface area (Å²) in [5.41, 5.74) is 2.12. The van der Waals surface area contributed by atoms with E-state index >= 15 is 0 Å². The van der Waals surface area contributed by atoms with Gasteiger partial charge in [-0.1, -0.05) is 121 Å². The first-order chi connectivity index (χ1) is 24.8. The zero-order chi connectivity index (χ0) is 34.1. The van der Waals surface area contributed by atoms with Crippen LogP contribution in [0.5, 0.6) is 0 Å². The molecule has 5 nitrogen and oxygen atoms in total. The van der Waals surface area contributed by atoms with E-state index in [-0.39, 0.29) is 0 Å². The summed E-state index contributed by atoms with van der Waals surface area (Å²) in [4.78, 5) is 20.4. The van der Waals surface area contributed by atoms with Gasteiger partial charge in [-0.2, -0.15) is 0 Å². The van der Waals surface area contributed by atoms with Gasteiger partial charge in [0.1, 0.15) is 0 Å². The van der Waals surface area contributed by atoms with E-state index in [0.717, 1.165) is 11.0 Å². The van der Waals surface area contributed by atoms with Crippen molar-refractivity contribution in [3.05, 3.63) is 213 Å². The number of hydrogen-bond donors (Lipinski definition) is 0. The number of aromatic nitrogens is 5. The Labute approximate surface area is 291 Å². The summed E-state index contributed by atoms with van der Waals surface area (Å²) in [5, 5.41) is 9.74. The van der Waals surface area contributed by atoms with Gasteiger partial charge in [0, 0.05) is 60.3 Å². The number of benzene rings is 5. The molecule has 5 heteroatoms. The van der Waals surface area contributed by atoms with E-state index in [9.17, 15) is 0 Å². The highest BCUT2D eigenvalue weighted by atomic mass is 14.6. The third-order valence-electron chi connectivity index (χ3n) is 7.67. The minimum Gasteiger partial charge on any atom is -0.264 e. The highest BCUT2D eigenvalue weighted by molar-refractivity contribution is 5.82. The van der Waals surface area contributed by atoms with Crippen LogP contribution in [0.1, 0.15) is 0 Å². The van der Waals surface area contributed by atoms with Crippen molar-refractivity contribution in [2.45, 2.75) is 0 Å². The standard InChI is InChI=1S/5C9H7N/c2*1-2-6-9-8(4-1)5-3-7-10-9;3*1-2-4-9-7-10-6-5-8(9)3-1/h5*1-7H. The van der Waals surface area contributed by atoms with Gasteiger partial charge in [0.15, 0.2) is 0 Å². The topological polar surface area (TPSA) is 64.5 Å². The molecule has 5 heterocycles. The molecule has 0 aliphatic heterocycles. The van der Waals surface area contributed by atoms with Gasteiger partial charge in [-0.15, -0.1) is 0 Å². The van der Waals surface area contributed by atoms with Gasteiger partial charge in [-0.25, -0.2) is 0 Å². The van der Waals surface area contributed by atoms with Crippen LogP contribution in [-0.4, -0.2) is 24.9 Å². The molecule has 0 aliphatic rings. The first kappa shape index (κ1) is 33.1. The van der Waals surface area contributed by atoms with Crippen molar-refractivity contribution in [1.29, 1.82) is 0 Å². The molecule has 0 unspecified atom stereocenters. The number of pyridine rings is 5. The van der Waals surface area contributed by atoms with Crippen LogP contribution in [0, 0.1) is 0 Å². The number of nitrogens with zero attached hydrogens (tertiary/aromatic N) is 5. The molecule has 0 N–H and O–H groups in total. The normalized spacial score (nSPS) is 10.0. The Morgan fingerprint density at radius 3 is 0.820 bits per heavy atom. The summed E-state index contributed by atoms with van der Waals surface area (Å²) >= 11 is 0. The van der Waals surface area contributed by atoms with Crippen LogP contribution in [0.4, 0.5) is 0 Å². The molecule has 0 amide bonds. The molecule has 0 saturated carbocycles. The molecule has 50 heavy (non-hydrogen) atoms. The Hall–Kier alpha value is -6.85. The van der Waals surface area contributed by atoms with E-state index in [1.165, 1.54) is 43.1 Å². The summed E-state index contributed by atoms with van der Waals surface area (Å²) in [6.45, 7) is 0. The molecule has 0 aliphatic carbocycles. The second kappa shape index (κ2) is 17.9. The van der Waals surface area contributed by atoms with E-state index in [4.69, 9.17) is 0 Å². The van der Waals surface area contributed by atoms with Crippen LogP contribution >= 0.6 is 0 Å². The molecule has 0 saturated heterocycles. The Morgan fingerprint density at radius 2 is 0.500 bits per heavy atom. The van der Waals surface area contributed by atoms with E-state index in [1.807, 2.05) is 153 Å². The van der Waals surface area contributed by atoms with Crippen LogP contribution in [-0.2, 0) is 0 Å². The predicted molar refractivity (Wildman–Crippen MR) is 209 cm³/mol. The van der Waals surface area contributed by atoms with Crippen molar-refractivity contribution >= 4 is 54.1 Å². The maximum absolute atomic E-state index is 4.18. The fourth-order valence-electron chi connectivity index (χ4n) is 5.11. The summed E-state index contributed by atoms with van der Waals surface area (Å²) in [5.74, 6) is 0. The molecular weight excluding hydrogens is 611 g/mol. The third kappa shape index (κ3) is 9.59. The molecule has 5 aromatic heterocycles. The lowest BCUT2D eigenvalue weighted by atomic mass is 10.2. The molecule has 10 rings (SSSR count). The van der Waals surface area contributed by atoms with Gasteiger partial charge in [0.2, 0.25) is 0 Å². The third-order valence-corrected chi connectivity index (χ3v) is 7.67. The Kier molecular flexibility index (Phi) is 11.8. The van der Waals surface area contributed by atoms with Gasteiger partial charge in [-0.05, 0) is 74.8 Å². The van der Waals surface area contributed by atoms with Crippen molar-refractivity contribution in [3.8, 4) is 0 Å². The van der Waals surface area contributed by atoms with Crippen LogP contribution in [0.2, 0.25) is 0 Å². The van der Waals surface area contributed by atoms with Gasteiger partial charge in [0.25, 0.3) is 0 Å². The van der Waals surface area contributed by atoms with Gasteiger partial charge >= 0.3 is 0 Å². The number of rotatable bonds is 0. The zero-order valence-corrected chi connectivity index (χ0v) is 27.4. The van der Waals surface area contributed by atoms with Gasteiger partial charge < -0.3 is 0 Å². The van der Waals surface area contributed by atoms with Gasteiger partial charge in [-0.3, -0.25) is 24.9 Å². The summed E-state index contributed by atoms with van der Waals surface area (Å²) in [6, 6.07) is 54.8. The van der Waals surface area contributed by atoms with Crippen molar-refractivity contribution in [2.24, 2.45) is 0 Å². The maximum Gasteiger partial charge on any atom is 0.0701 e. The maximum atomic E-state index is 4.18. The first-order valence-corrected chi connectivity index (χ1v) is 16.3. The average molecular weight is 646 g/mol. The van der Waals surface area contributed by atoms with Crippen LogP contribution in [0.3, 0.4) is 0 Å². The van der Waals surface area contributed by atoms with E-state index in [1.54, 1.807) is 0 Å². The number of fused-ring (bicyclic) bond motifs is 5. The van der Waals surface area contributed by atoms with E-state index in [2.05, 4.69) is 85.6 Å². The predicted octanol–water partition coefficient (Wildman–Crippen LogP) is 11.2. The lowest BCUT2D eigenvalue weighted by Gasteiger charge is -1.91. The molecule has 0 bridgehead atoms. The SMILES string of the molecule is c1ccc2cnccc2c1.c1ccc2cnccc2c1.c1ccc2cnccc2c1.c1ccc2ncccc2c1.c1ccc2ncccc2c1. The molecule has 0 radical (unpaired) electrons. The van der Waals surface area contributed by atoms with Crippen LogP contribution < -0.4 is 0 Å². The molecule has 0 spiro atoms. The Morgan fingerprint density at radius 1 is 0.220 bits per heavy atom. The first-order valence-electron chi connectivity index (χ1n) is 16.3. The minimum atomic E-state index is 1.06. The number of para-hydroxylation sites is 2. The molecule has 5 aromatic carbocycles. The molecule has 10 aromatic rings. The van der Waals surface area contributed by atoms with Crippen molar-refractivity contribution in [3.63, 3.8) is 0 Å². The van der Waals surface area contributed by atoms with Crippen LogP contribution in [0.15, 0.2) is 213 Å². The monoisotopic (exact) mass is 645 g/mol. The lowest BCUT2D eigenvalue weighted by molar-refractivity contribution is 1.36. The summed E-state index contributed by atoms with van der Waals surface area (Å²) < 4.78 is 0. The quantitative estimate of drug-likeness (QED) is 0.164. The van der Waals surface area contributed by atoms with Gasteiger partial charge in [0.05, 0.1) is 11.0 Å². The molecule has 240 valence electrons. The van der Waals surface area contributed by atoms with Crippen molar-refractivity contribution in [2.75, 3.05) is 0 Å². The fraction of sp³-hybridized carbons (Fsp3) is 0. The van der Waals surface area contributed by atoms with Crippen LogP contribution in [0.25, 0.3) is 54.1 Å². The molecule has 0 atom stereocenters.